The molecule has 0 amide bonds. The van der Waals surface area contributed by atoms with Gasteiger partial charge in [0.25, 0.3) is 0 Å². The third-order valence-corrected chi connectivity index (χ3v) is 4.73. The van der Waals surface area contributed by atoms with Gasteiger partial charge in [-0.15, -0.1) is 0 Å². The molecule has 0 radical (unpaired) electrons. The van der Waals surface area contributed by atoms with E-state index < -0.39 is 18.2 Å². The minimum Gasteiger partial charge on any atom is -0.485 e. The van der Waals surface area contributed by atoms with Crippen LogP contribution in [0, 0.1) is 0 Å². The molecule has 28 heavy (non-hydrogen) atoms. The second-order valence-corrected chi connectivity index (χ2v) is 6.67. The molecule has 3 atom stereocenters. The van der Waals surface area contributed by atoms with Gasteiger partial charge in [0.05, 0.1) is 12.7 Å². The molecule has 2 aromatic rings. The van der Waals surface area contributed by atoms with Crippen LogP contribution in [0.15, 0.2) is 48.5 Å². The molecule has 3 rings (SSSR count). The van der Waals surface area contributed by atoms with E-state index in [2.05, 4.69) is 12.2 Å². The van der Waals surface area contributed by atoms with E-state index in [1.165, 1.54) is 0 Å². The van der Waals surface area contributed by atoms with Crippen LogP contribution in [0.2, 0.25) is 0 Å². The van der Waals surface area contributed by atoms with E-state index in [0.29, 0.717) is 24.7 Å². The summed E-state index contributed by atoms with van der Waals surface area (Å²) in [5.74, 6) is 0.731. The first-order valence-electron chi connectivity index (χ1n) is 9.68. The molecular weight excluding hydrogens is 358 g/mol. The number of aliphatic hydroxyl groups is 1. The van der Waals surface area contributed by atoms with Crippen LogP contribution in [0.5, 0.6) is 11.5 Å². The molecule has 2 N–H and O–H groups in total. The van der Waals surface area contributed by atoms with Gasteiger partial charge in [-0.2, -0.15) is 0 Å². The largest absolute Gasteiger partial charge is 0.485 e. The lowest BCUT2D eigenvalue weighted by Gasteiger charge is -2.27. The quantitative estimate of drug-likeness (QED) is 0.680. The Bertz CT molecular complexity index is 780. The van der Waals surface area contributed by atoms with Crippen molar-refractivity contribution in [3.05, 3.63) is 59.7 Å². The molecule has 1 aliphatic heterocycles. The van der Waals surface area contributed by atoms with Crippen molar-refractivity contribution in [2.45, 2.75) is 38.5 Å². The number of esters is 1. The van der Waals surface area contributed by atoms with Crippen LogP contribution in [-0.4, -0.2) is 36.9 Å². The Morgan fingerprint density at radius 3 is 2.68 bits per heavy atom. The van der Waals surface area contributed by atoms with Gasteiger partial charge in [0.15, 0.2) is 11.5 Å². The fourth-order valence-electron chi connectivity index (χ4n) is 3.20. The minimum atomic E-state index is -0.737. The number of fused-ring (bicyclic) bond motifs is 1. The Morgan fingerprint density at radius 1 is 1.18 bits per heavy atom. The molecule has 0 spiro atoms. The third kappa shape index (κ3) is 4.82. The predicted octanol–water partition coefficient (Wildman–Crippen LogP) is 3.16. The maximum atomic E-state index is 11.8. The number of hydrogen-bond donors (Lipinski definition) is 2. The third-order valence-electron chi connectivity index (χ3n) is 4.73. The van der Waals surface area contributed by atoms with E-state index in [4.69, 9.17) is 14.2 Å². The van der Waals surface area contributed by atoms with Gasteiger partial charge in [-0.3, -0.25) is 0 Å². The average molecular weight is 385 g/mol. The molecule has 150 valence electrons. The van der Waals surface area contributed by atoms with Gasteiger partial charge in [0.1, 0.15) is 6.61 Å². The maximum Gasteiger partial charge on any atom is 0.350 e. The van der Waals surface area contributed by atoms with Crippen LogP contribution in [0.4, 0.5) is 0 Å². The number of benzene rings is 2. The molecule has 6 nitrogen and oxygen atoms in total. The number of aliphatic hydroxyl groups excluding tert-OH is 1. The summed E-state index contributed by atoms with van der Waals surface area (Å²) in [6, 6.07) is 15.3. The number of rotatable bonds is 8. The van der Waals surface area contributed by atoms with E-state index in [-0.39, 0.29) is 12.6 Å². The first kappa shape index (κ1) is 20.2. The highest BCUT2D eigenvalue weighted by Crippen LogP contribution is 2.35. The van der Waals surface area contributed by atoms with Crippen LogP contribution in [0.1, 0.15) is 43.5 Å². The molecule has 1 heterocycles. The topological polar surface area (TPSA) is 77.0 Å². The Balaban J connectivity index is 1.64. The van der Waals surface area contributed by atoms with E-state index in [1.54, 1.807) is 6.92 Å². The van der Waals surface area contributed by atoms with Crippen LogP contribution >= 0.6 is 0 Å². The van der Waals surface area contributed by atoms with Crippen molar-refractivity contribution in [2.24, 2.45) is 0 Å². The highest BCUT2D eigenvalue weighted by atomic mass is 16.6. The molecule has 2 aromatic carbocycles. The van der Waals surface area contributed by atoms with Crippen LogP contribution in [0.25, 0.3) is 0 Å². The summed E-state index contributed by atoms with van der Waals surface area (Å²) in [6.07, 6.45) is -0.454. The Morgan fingerprint density at radius 2 is 1.96 bits per heavy atom. The van der Waals surface area contributed by atoms with Gasteiger partial charge in [-0.05, 0) is 36.6 Å². The van der Waals surface area contributed by atoms with Crippen LogP contribution in [-0.2, 0) is 9.53 Å². The van der Waals surface area contributed by atoms with Gasteiger partial charge < -0.3 is 24.6 Å². The molecule has 0 aromatic heterocycles. The van der Waals surface area contributed by atoms with Crippen molar-refractivity contribution in [3.63, 3.8) is 0 Å². The Kier molecular flexibility index (Phi) is 6.90. The molecule has 3 unspecified atom stereocenters. The lowest BCUT2D eigenvalue weighted by Crippen LogP contribution is -2.38. The fraction of sp³-hybridized carbons (Fsp3) is 0.409. The zero-order valence-corrected chi connectivity index (χ0v) is 16.3. The van der Waals surface area contributed by atoms with Crippen molar-refractivity contribution in [3.8, 4) is 11.5 Å². The lowest BCUT2D eigenvalue weighted by atomic mass is 10.0. The van der Waals surface area contributed by atoms with Crippen LogP contribution in [0.3, 0.4) is 0 Å². The summed E-state index contributed by atoms with van der Waals surface area (Å²) in [5, 5.41) is 13.8. The molecule has 6 heteroatoms. The number of hydrogen-bond acceptors (Lipinski definition) is 6. The minimum absolute atomic E-state index is 0.0649. The van der Waals surface area contributed by atoms with Gasteiger partial charge in [-0.25, -0.2) is 4.79 Å². The van der Waals surface area contributed by atoms with Crippen molar-refractivity contribution >= 4 is 5.97 Å². The van der Waals surface area contributed by atoms with Crippen LogP contribution < -0.4 is 14.8 Å². The lowest BCUT2D eigenvalue weighted by molar-refractivity contribution is -0.153. The van der Waals surface area contributed by atoms with E-state index >= 15 is 0 Å². The predicted molar refractivity (Wildman–Crippen MR) is 105 cm³/mol. The summed E-state index contributed by atoms with van der Waals surface area (Å²) in [6.45, 7) is 4.73. The number of ether oxygens (including phenoxy) is 3. The monoisotopic (exact) mass is 385 g/mol. The Labute approximate surface area is 165 Å². The van der Waals surface area contributed by atoms with Crippen molar-refractivity contribution < 1.29 is 24.1 Å². The average Bonchev–Trinajstić information content (AvgIpc) is 2.74. The molecule has 1 aliphatic rings. The second kappa shape index (κ2) is 9.57. The molecule has 0 saturated heterocycles. The van der Waals surface area contributed by atoms with Crippen molar-refractivity contribution in [2.75, 3.05) is 19.8 Å². The standard InChI is InChI=1S/C22H27NO5/c1-3-17(23-13-18(24)15-8-6-5-7-9-15)16-10-11-19-20(12-16)27-14-21(28-19)22(25)26-4-2/h5-12,17-18,21,23-24H,3-4,13-14H2,1-2H3. The van der Waals surface area contributed by atoms with Crippen molar-refractivity contribution in [1.82, 2.24) is 5.32 Å². The zero-order valence-electron chi connectivity index (χ0n) is 16.3. The first-order chi connectivity index (χ1) is 13.6. The first-order valence-corrected chi connectivity index (χ1v) is 9.68. The van der Waals surface area contributed by atoms with Crippen molar-refractivity contribution in [1.29, 1.82) is 0 Å². The zero-order chi connectivity index (χ0) is 19.9. The number of carbonyl (C=O) groups is 1. The summed E-state index contributed by atoms with van der Waals surface area (Å²) in [7, 11) is 0. The second-order valence-electron chi connectivity index (χ2n) is 6.67. The molecule has 0 aliphatic carbocycles. The molecular formula is C22H27NO5. The smallest absolute Gasteiger partial charge is 0.350 e. The summed E-state index contributed by atoms with van der Waals surface area (Å²) < 4.78 is 16.4. The van der Waals surface area contributed by atoms with E-state index in [0.717, 1.165) is 17.5 Å². The highest BCUT2D eigenvalue weighted by molar-refractivity contribution is 5.76. The molecule has 0 fully saturated rings. The molecule has 0 bridgehead atoms. The number of carbonyl (C=O) groups excluding carboxylic acids is 1. The fourth-order valence-corrected chi connectivity index (χ4v) is 3.20. The van der Waals surface area contributed by atoms with Gasteiger partial charge >= 0.3 is 5.97 Å². The highest BCUT2D eigenvalue weighted by Gasteiger charge is 2.29. The van der Waals surface area contributed by atoms with E-state index in [1.807, 2.05) is 48.5 Å². The maximum absolute atomic E-state index is 11.8. The molecule has 0 saturated carbocycles. The summed E-state index contributed by atoms with van der Waals surface area (Å²) in [4.78, 5) is 11.8. The summed E-state index contributed by atoms with van der Waals surface area (Å²) in [5.41, 5.74) is 1.93. The normalized spacial score (nSPS) is 17.6. The van der Waals surface area contributed by atoms with Gasteiger partial charge in [-0.1, -0.05) is 43.3 Å². The Hall–Kier alpha value is -2.57. The number of nitrogens with one attached hydrogen (secondary N) is 1. The SMILES string of the molecule is CCOC(=O)C1COc2cc(C(CC)NCC(O)c3ccccc3)ccc2O1. The van der Waals surface area contributed by atoms with E-state index in [9.17, 15) is 9.90 Å². The van der Waals surface area contributed by atoms with Gasteiger partial charge in [0, 0.05) is 12.6 Å². The van der Waals surface area contributed by atoms with Gasteiger partial charge in [0.2, 0.25) is 6.10 Å². The summed E-state index contributed by atoms with van der Waals surface area (Å²) >= 11 is 0.